The molecule has 1 atom stereocenters. The molecule has 1 heterocycles. The van der Waals surface area contributed by atoms with E-state index in [2.05, 4.69) is 12.6 Å². The van der Waals surface area contributed by atoms with Crippen LogP contribution in [0, 0.1) is 11.3 Å². The van der Waals surface area contributed by atoms with Crippen molar-refractivity contribution in [2.75, 3.05) is 12.0 Å². The lowest BCUT2D eigenvalue weighted by molar-refractivity contribution is -0.125. The summed E-state index contributed by atoms with van der Waals surface area (Å²) in [5.74, 6) is -2.29. The largest absolute Gasteiger partial charge is 0.495 e. The first kappa shape index (κ1) is 25.9. The van der Waals surface area contributed by atoms with Crippen molar-refractivity contribution >= 4 is 40.7 Å². The summed E-state index contributed by atoms with van der Waals surface area (Å²) in [6.07, 6.45) is 0. The number of halogens is 2. The van der Waals surface area contributed by atoms with Crippen LogP contribution in [0.1, 0.15) is 32.3 Å². The molecule has 0 bridgehead atoms. The van der Waals surface area contributed by atoms with Crippen LogP contribution in [-0.4, -0.2) is 28.9 Å². The number of carbonyl (C=O) groups excluding carboxylic acids is 2. The lowest BCUT2D eigenvalue weighted by Gasteiger charge is -2.37. The van der Waals surface area contributed by atoms with Gasteiger partial charge in [-0.05, 0) is 50.3 Å². The fraction of sp³-hybridized carbons (Fsp3) is 0.192. The molecule has 9 heteroatoms. The van der Waals surface area contributed by atoms with Gasteiger partial charge in [0.05, 0.1) is 35.9 Å². The third-order valence-corrected chi connectivity index (χ3v) is 6.32. The minimum Gasteiger partial charge on any atom is -0.495 e. The van der Waals surface area contributed by atoms with Gasteiger partial charge in [0.25, 0.3) is 5.91 Å². The van der Waals surface area contributed by atoms with Crippen LogP contribution in [-0.2, 0) is 9.59 Å². The van der Waals surface area contributed by atoms with Gasteiger partial charge in [0.2, 0.25) is 5.91 Å². The Morgan fingerprint density at radius 3 is 2.37 bits per heavy atom. The highest BCUT2D eigenvalue weighted by Gasteiger charge is 2.41. The van der Waals surface area contributed by atoms with E-state index in [1.807, 2.05) is 0 Å². The van der Waals surface area contributed by atoms with Gasteiger partial charge >= 0.3 is 0 Å². The summed E-state index contributed by atoms with van der Waals surface area (Å²) in [5.41, 5.74) is 1.55. The second kappa shape index (κ2) is 10.3. The number of hydrogen-bond acceptors (Lipinski definition) is 5. The molecule has 0 aliphatic carbocycles. The van der Waals surface area contributed by atoms with E-state index in [4.69, 9.17) is 27.9 Å². The highest BCUT2D eigenvalue weighted by atomic mass is 35.5. The number of amides is 2. The number of aliphatic hydroxyl groups excluding tert-OH is 1. The molecule has 2 aromatic carbocycles. The lowest BCUT2D eigenvalue weighted by atomic mass is 9.79. The third-order valence-electron chi connectivity index (χ3n) is 5.75. The third kappa shape index (κ3) is 4.63. The zero-order valence-electron chi connectivity index (χ0n) is 19.6. The van der Waals surface area contributed by atoms with Gasteiger partial charge in [0, 0.05) is 28.4 Å². The monoisotopic (exact) mass is 511 g/mol. The van der Waals surface area contributed by atoms with Gasteiger partial charge in [-0.3, -0.25) is 14.5 Å². The molecule has 0 spiro atoms. The van der Waals surface area contributed by atoms with E-state index in [-0.39, 0.29) is 33.5 Å². The number of anilines is 1. The minimum absolute atomic E-state index is 0.0627. The van der Waals surface area contributed by atoms with E-state index in [0.29, 0.717) is 22.0 Å². The number of aliphatic hydroxyl groups is 1. The molecule has 1 unspecified atom stereocenters. The molecular formula is C26H23Cl2N3O4. The van der Waals surface area contributed by atoms with E-state index in [9.17, 15) is 20.0 Å². The molecule has 0 radical (unpaired) electrons. The van der Waals surface area contributed by atoms with Crippen molar-refractivity contribution in [1.29, 1.82) is 5.26 Å². The van der Waals surface area contributed by atoms with Crippen molar-refractivity contribution < 1.29 is 19.4 Å². The summed E-state index contributed by atoms with van der Waals surface area (Å²) in [6.45, 7) is 8.13. The summed E-state index contributed by atoms with van der Waals surface area (Å²) < 4.78 is 5.38. The van der Waals surface area contributed by atoms with E-state index >= 15 is 0 Å². The van der Waals surface area contributed by atoms with Crippen LogP contribution in [0.3, 0.4) is 0 Å². The quantitative estimate of drug-likeness (QED) is 0.490. The summed E-state index contributed by atoms with van der Waals surface area (Å²) in [6, 6.07) is 13.5. The standard InChI is InChI=1S/C26H23Cl2N3O4/c1-14-20(13-29)25(19-11-10-18(27)12-21(19)28)24(15(2)30(14)16(3)32)26(34)31(17(4)33)22-8-6-7-9-23(22)35-5/h6-12,25,33H,4H2,1-3,5H3. The zero-order valence-corrected chi connectivity index (χ0v) is 21.1. The number of nitrogens with zero attached hydrogens (tertiary/aromatic N) is 3. The van der Waals surface area contributed by atoms with E-state index < -0.39 is 17.7 Å². The lowest BCUT2D eigenvalue weighted by Crippen LogP contribution is -2.40. The molecular weight excluding hydrogens is 489 g/mol. The number of benzene rings is 2. The molecule has 0 saturated heterocycles. The number of rotatable bonds is 5. The summed E-state index contributed by atoms with van der Waals surface area (Å²) in [7, 11) is 1.43. The fourth-order valence-electron chi connectivity index (χ4n) is 4.30. The first-order chi connectivity index (χ1) is 16.5. The Labute approximate surface area is 213 Å². The Morgan fingerprint density at radius 1 is 1.17 bits per heavy atom. The summed E-state index contributed by atoms with van der Waals surface area (Å²) in [5, 5.41) is 21.2. The molecule has 1 N–H and O–H groups in total. The zero-order chi connectivity index (χ0) is 26.0. The number of para-hydroxylation sites is 2. The molecule has 35 heavy (non-hydrogen) atoms. The Bertz CT molecular complexity index is 1340. The number of ether oxygens (including phenoxy) is 1. The smallest absolute Gasteiger partial charge is 0.263 e. The van der Waals surface area contributed by atoms with Gasteiger partial charge < -0.3 is 9.84 Å². The number of nitriles is 1. The van der Waals surface area contributed by atoms with Crippen LogP contribution >= 0.6 is 23.2 Å². The second-order valence-electron chi connectivity index (χ2n) is 7.79. The van der Waals surface area contributed by atoms with Crippen LogP contribution in [0.15, 0.2) is 77.5 Å². The van der Waals surface area contributed by atoms with Crippen molar-refractivity contribution in [3.63, 3.8) is 0 Å². The number of carbonyl (C=O) groups is 2. The summed E-state index contributed by atoms with van der Waals surface area (Å²) >= 11 is 12.6. The molecule has 0 fully saturated rings. The molecule has 2 amide bonds. The van der Waals surface area contributed by atoms with Gasteiger partial charge in [-0.25, -0.2) is 4.90 Å². The molecule has 180 valence electrons. The van der Waals surface area contributed by atoms with Crippen LogP contribution in [0.2, 0.25) is 10.0 Å². The van der Waals surface area contributed by atoms with Gasteiger partial charge in [0.15, 0.2) is 5.88 Å². The molecule has 0 aromatic heterocycles. The normalized spacial score (nSPS) is 15.6. The van der Waals surface area contributed by atoms with Crippen molar-refractivity contribution in [3.05, 3.63) is 93.1 Å². The topological polar surface area (TPSA) is 93.9 Å². The molecule has 3 rings (SSSR count). The van der Waals surface area contributed by atoms with Crippen molar-refractivity contribution in [1.82, 2.24) is 4.90 Å². The van der Waals surface area contributed by atoms with Crippen LogP contribution in [0.5, 0.6) is 5.75 Å². The number of allylic oxidation sites excluding steroid dienone is 3. The second-order valence-corrected chi connectivity index (χ2v) is 8.64. The maximum Gasteiger partial charge on any atom is 0.263 e. The average Bonchev–Trinajstić information content (AvgIpc) is 2.78. The Hall–Kier alpha value is -3.73. The Balaban J connectivity index is 2.36. The molecule has 1 aliphatic rings. The molecule has 1 aliphatic heterocycles. The van der Waals surface area contributed by atoms with Gasteiger partial charge in [0.1, 0.15) is 5.75 Å². The highest BCUT2D eigenvalue weighted by molar-refractivity contribution is 6.35. The maximum atomic E-state index is 14.2. The van der Waals surface area contributed by atoms with Crippen LogP contribution in [0.25, 0.3) is 0 Å². The number of methoxy groups -OCH3 is 1. The average molecular weight is 512 g/mol. The first-order valence-corrected chi connectivity index (χ1v) is 11.2. The van der Waals surface area contributed by atoms with Gasteiger partial charge in [-0.2, -0.15) is 5.26 Å². The van der Waals surface area contributed by atoms with Gasteiger partial charge in [-0.1, -0.05) is 41.4 Å². The SMILES string of the molecule is C=C(O)N(C(=O)C1=C(C)N(C(C)=O)C(C)=C(C#N)C1c1ccc(Cl)cc1Cl)c1ccccc1OC. The molecule has 0 saturated carbocycles. The predicted molar refractivity (Wildman–Crippen MR) is 135 cm³/mol. The predicted octanol–water partition coefficient (Wildman–Crippen LogP) is 6.08. The fourth-order valence-corrected chi connectivity index (χ4v) is 4.82. The van der Waals surface area contributed by atoms with E-state index in [1.165, 1.54) is 25.0 Å². The van der Waals surface area contributed by atoms with Crippen LogP contribution < -0.4 is 9.64 Å². The van der Waals surface area contributed by atoms with E-state index in [1.54, 1.807) is 50.2 Å². The van der Waals surface area contributed by atoms with E-state index in [0.717, 1.165) is 4.90 Å². The van der Waals surface area contributed by atoms with Crippen molar-refractivity contribution in [2.24, 2.45) is 0 Å². The van der Waals surface area contributed by atoms with Crippen LogP contribution in [0.4, 0.5) is 5.69 Å². The van der Waals surface area contributed by atoms with Crippen molar-refractivity contribution in [3.8, 4) is 11.8 Å². The Morgan fingerprint density at radius 2 is 1.83 bits per heavy atom. The molecule has 2 aromatic rings. The highest BCUT2D eigenvalue weighted by Crippen LogP contribution is 2.46. The minimum atomic E-state index is -0.940. The molecule has 7 nitrogen and oxygen atoms in total. The number of hydrogen-bond donors (Lipinski definition) is 1. The summed E-state index contributed by atoms with van der Waals surface area (Å²) in [4.78, 5) is 29.0. The maximum absolute atomic E-state index is 14.2. The Kier molecular flexibility index (Phi) is 7.59. The van der Waals surface area contributed by atoms with Crippen molar-refractivity contribution in [2.45, 2.75) is 26.7 Å². The van der Waals surface area contributed by atoms with Gasteiger partial charge in [-0.15, -0.1) is 0 Å². The first-order valence-electron chi connectivity index (χ1n) is 10.5.